The zero-order chi connectivity index (χ0) is 24.0. The number of hydrogen-bond acceptors (Lipinski definition) is 4. The van der Waals surface area contributed by atoms with Crippen molar-refractivity contribution in [1.29, 1.82) is 0 Å². The highest BCUT2D eigenvalue weighted by Gasteiger charge is 2.31. The molecule has 1 aliphatic heterocycles. The zero-order valence-corrected chi connectivity index (χ0v) is 19.1. The third-order valence-corrected chi connectivity index (χ3v) is 5.89. The van der Waals surface area contributed by atoms with Gasteiger partial charge in [-0.15, -0.1) is 0 Å². The first kappa shape index (κ1) is 22.2. The molecule has 0 bridgehead atoms. The second-order valence-electron chi connectivity index (χ2n) is 8.21. The van der Waals surface area contributed by atoms with Crippen LogP contribution < -0.4 is 20.5 Å². The van der Waals surface area contributed by atoms with Gasteiger partial charge in [0.15, 0.2) is 11.4 Å². The van der Waals surface area contributed by atoms with Gasteiger partial charge in [0, 0.05) is 12.3 Å². The molecule has 3 aromatic carbocycles. The number of nitrogens with one attached hydrogen (secondary N) is 1. The molecule has 1 unspecified atom stereocenters. The van der Waals surface area contributed by atoms with Crippen LogP contribution in [0.25, 0.3) is 6.08 Å². The van der Waals surface area contributed by atoms with E-state index in [1.807, 2.05) is 96.0 Å². The first-order valence-corrected chi connectivity index (χ1v) is 11.5. The molecule has 0 saturated heterocycles. The summed E-state index contributed by atoms with van der Waals surface area (Å²) in [6.07, 6.45) is 5.79. The Hall–Kier alpha value is -4.58. The molecule has 2 heterocycles. The van der Waals surface area contributed by atoms with Crippen molar-refractivity contribution in [2.24, 2.45) is 0 Å². The van der Waals surface area contributed by atoms with Crippen LogP contribution in [0.4, 0.5) is 0 Å². The number of rotatable bonds is 7. The summed E-state index contributed by atoms with van der Waals surface area (Å²) in [5.74, 6) is -0.307. The molecule has 0 fully saturated rings. The molecule has 0 radical (unpaired) electrons. The molecular formula is C29H25N3O3. The topological polar surface area (TPSA) is 63.6 Å². The Labute approximate surface area is 203 Å². The number of carbonyl (C=O) groups excluding carboxylic acids is 1. The summed E-state index contributed by atoms with van der Waals surface area (Å²) in [5.41, 5.74) is 2.89. The smallest absolute Gasteiger partial charge is 0.275 e. The summed E-state index contributed by atoms with van der Waals surface area (Å²) in [6.45, 7) is 0.460. The standard InChI is InChI=1S/C29H25N3O3/c33-26-18-19-31-27(28(26)35-20-23-12-6-2-7-13-23)29(34)30-21-32(31)25(24-14-8-3-9-15-24)17-16-22-10-4-1-5-11-22/h1-19,25H,20-21H2,(H,30,34)/b17-16+. The minimum atomic E-state index is -0.346. The molecule has 1 amide bonds. The van der Waals surface area contributed by atoms with Gasteiger partial charge in [-0.25, -0.2) is 0 Å². The summed E-state index contributed by atoms with van der Waals surface area (Å²) >= 11 is 0. The summed E-state index contributed by atoms with van der Waals surface area (Å²) in [6, 6.07) is 30.9. The van der Waals surface area contributed by atoms with Crippen LogP contribution in [0.5, 0.6) is 5.75 Å². The summed E-state index contributed by atoms with van der Waals surface area (Å²) < 4.78 is 7.65. The number of benzene rings is 3. The maximum absolute atomic E-state index is 13.0. The fourth-order valence-corrected chi connectivity index (χ4v) is 4.14. The number of hydrogen-bond donors (Lipinski definition) is 1. The van der Waals surface area contributed by atoms with E-state index in [9.17, 15) is 9.59 Å². The predicted molar refractivity (Wildman–Crippen MR) is 137 cm³/mol. The molecule has 35 heavy (non-hydrogen) atoms. The minimum Gasteiger partial charge on any atom is -0.482 e. The van der Waals surface area contributed by atoms with E-state index in [0.717, 1.165) is 16.7 Å². The van der Waals surface area contributed by atoms with Crippen molar-refractivity contribution in [2.75, 3.05) is 11.7 Å². The third kappa shape index (κ3) is 4.87. The average Bonchev–Trinajstić information content (AvgIpc) is 2.91. The minimum absolute atomic E-state index is 0.0393. The van der Waals surface area contributed by atoms with Crippen molar-refractivity contribution >= 4 is 12.0 Å². The first-order valence-electron chi connectivity index (χ1n) is 11.5. The number of ether oxygens (including phenoxy) is 1. The van der Waals surface area contributed by atoms with E-state index in [-0.39, 0.29) is 42.1 Å². The average molecular weight is 464 g/mol. The van der Waals surface area contributed by atoms with Crippen molar-refractivity contribution in [3.05, 3.63) is 142 Å². The van der Waals surface area contributed by atoms with Gasteiger partial charge in [-0.05, 0) is 16.7 Å². The molecule has 0 spiro atoms. The Kier molecular flexibility index (Phi) is 6.44. The van der Waals surface area contributed by atoms with Crippen molar-refractivity contribution in [3.63, 3.8) is 0 Å². The van der Waals surface area contributed by atoms with Crippen LogP contribution in [0.3, 0.4) is 0 Å². The molecule has 1 N–H and O–H groups in total. The molecule has 1 atom stereocenters. The lowest BCUT2D eigenvalue weighted by atomic mass is 10.0. The van der Waals surface area contributed by atoms with Crippen LogP contribution in [0.2, 0.25) is 0 Å². The largest absolute Gasteiger partial charge is 0.482 e. The molecule has 1 aliphatic rings. The van der Waals surface area contributed by atoms with Crippen LogP contribution in [0.15, 0.2) is 114 Å². The van der Waals surface area contributed by atoms with Crippen LogP contribution >= 0.6 is 0 Å². The van der Waals surface area contributed by atoms with Gasteiger partial charge < -0.3 is 10.1 Å². The number of aromatic nitrogens is 1. The van der Waals surface area contributed by atoms with Gasteiger partial charge in [-0.3, -0.25) is 19.3 Å². The quantitative estimate of drug-likeness (QED) is 0.438. The lowest BCUT2D eigenvalue weighted by Gasteiger charge is -2.38. The maximum Gasteiger partial charge on any atom is 0.275 e. The summed E-state index contributed by atoms with van der Waals surface area (Å²) in [7, 11) is 0. The Morgan fingerprint density at radius 1 is 0.857 bits per heavy atom. The number of carbonyl (C=O) groups is 1. The zero-order valence-electron chi connectivity index (χ0n) is 19.1. The monoisotopic (exact) mass is 463 g/mol. The molecule has 0 saturated carbocycles. The SMILES string of the molecule is O=C1NCN(C(/C=C/c2ccccc2)c2ccccc2)n2ccc(=O)c(OCc3ccccc3)c21. The van der Waals surface area contributed by atoms with Gasteiger partial charge in [0.1, 0.15) is 13.3 Å². The molecule has 174 valence electrons. The normalized spacial score (nSPS) is 13.8. The molecule has 0 aliphatic carbocycles. The van der Waals surface area contributed by atoms with E-state index < -0.39 is 0 Å². The molecule has 6 nitrogen and oxygen atoms in total. The van der Waals surface area contributed by atoms with E-state index in [2.05, 4.69) is 17.5 Å². The van der Waals surface area contributed by atoms with Gasteiger partial charge in [-0.1, -0.05) is 103 Å². The Morgan fingerprint density at radius 2 is 1.51 bits per heavy atom. The molecule has 6 heteroatoms. The van der Waals surface area contributed by atoms with Crippen LogP contribution in [0, 0.1) is 0 Å². The number of amides is 1. The van der Waals surface area contributed by atoms with Crippen LogP contribution in [-0.4, -0.2) is 17.3 Å². The van der Waals surface area contributed by atoms with Gasteiger partial charge in [0.25, 0.3) is 5.91 Å². The maximum atomic E-state index is 13.0. The summed E-state index contributed by atoms with van der Waals surface area (Å²) in [4.78, 5) is 25.7. The van der Waals surface area contributed by atoms with E-state index in [1.54, 1.807) is 10.9 Å². The third-order valence-electron chi connectivity index (χ3n) is 5.89. The predicted octanol–water partition coefficient (Wildman–Crippen LogP) is 4.52. The highest BCUT2D eigenvalue weighted by atomic mass is 16.5. The second kappa shape index (κ2) is 10.1. The molecule has 1 aromatic heterocycles. The van der Waals surface area contributed by atoms with Crippen LogP contribution in [0.1, 0.15) is 33.2 Å². The van der Waals surface area contributed by atoms with E-state index in [0.29, 0.717) is 0 Å². The van der Waals surface area contributed by atoms with Crippen molar-refractivity contribution < 1.29 is 9.53 Å². The molecule has 4 aromatic rings. The molecule has 5 rings (SSSR count). The summed E-state index contributed by atoms with van der Waals surface area (Å²) in [5, 5.41) is 4.92. The van der Waals surface area contributed by atoms with E-state index in [1.165, 1.54) is 6.07 Å². The fraction of sp³-hybridized carbons (Fsp3) is 0.103. The van der Waals surface area contributed by atoms with E-state index in [4.69, 9.17) is 4.74 Å². The van der Waals surface area contributed by atoms with Gasteiger partial charge in [-0.2, -0.15) is 0 Å². The van der Waals surface area contributed by atoms with Gasteiger partial charge in [0.2, 0.25) is 5.43 Å². The van der Waals surface area contributed by atoms with Crippen molar-refractivity contribution in [3.8, 4) is 5.75 Å². The van der Waals surface area contributed by atoms with Crippen molar-refractivity contribution in [1.82, 2.24) is 9.99 Å². The lowest BCUT2D eigenvalue weighted by molar-refractivity contribution is 0.0913. The van der Waals surface area contributed by atoms with Crippen molar-refractivity contribution in [2.45, 2.75) is 12.6 Å². The van der Waals surface area contributed by atoms with Crippen LogP contribution in [-0.2, 0) is 6.61 Å². The number of pyridine rings is 1. The Bertz CT molecular complexity index is 1380. The van der Waals surface area contributed by atoms with E-state index >= 15 is 0 Å². The Morgan fingerprint density at radius 3 is 2.23 bits per heavy atom. The lowest BCUT2D eigenvalue weighted by Crippen LogP contribution is -2.53. The fourth-order valence-electron chi connectivity index (χ4n) is 4.14. The first-order chi connectivity index (χ1) is 17.2. The molecular weight excluding hydrogens is 438 g/mol. The van der Waals surface area contributed by atoms with Gasteiger partial charge in [0.05, 0.1) is 6.04 Å². The highest BCUT2D eigenvalue weighted by molar-refractivity contribution is 5.96. The van der Waals surface area contributed by atoms with Gasteiger partial charge >= 0.3 is 0 Å². The second-order valence-corrected chi connectivity index (χ2v) is 8.21. The Balaban J connectivity index is 1.55. The number of nitrogens with zero attached hydrogens (tertiary/aromatic N) is 2. The number of fused-ring (bicyclic) bond motifs is 1. The highest BCUT2D eigenvalue weighted by Crippen LogP contribution is 2.27.